The zero-order valence-corrected chi connectivity index (χ0v) is 13.6. The third-order valence-corrected chi connectivity index (χ3v) is 4.00. The molecule has 0 amide bonds. The van der Waals surface area contributed by atoms with Crippen molar-refractivity contribution >= 4 is 27.3 Å². The van der Waals surface area contributed by atoms with Gasteiger partial charge in [0.25, 0.3) is 5.69 Å². The van der Waals surface area contributed by atoms with Crippen LogP contribution < -0.4 is 5.32 Å². The maximum atomic E-state index is 10.9. The fourth-order valence-electron chi connectivity index (χ4n) is 2.20. The van der Waals surface area contributed by atoms with Crippen LogP contribution in [0.1, 0.15) is 30.5 Å². The number of non-ortho nitro benzene ring substituents is 1. The summed E-state index contributed by atoms with van der Waals surface area (Å²) in [6, 6.07) is 12.9. The van der Waals surface area contributed by atoms with Crippen molar-refractivity contribution in [2.24, 2.45) is 0 Å². The van der Waals surface area contributed by atoms with E-state index in [1.807, 2.05) is 31.2 Å². The number of hydrogen-bond acceptors (Lipinski definition) is 3. The van der Waals surface area contributed by atoms with E-state index in [0.29, 0.717) is 0 Å². The van der Waals surface area contributed by atoms with Gasteiger partial charge in [0, 0.05) is 22.3 Å². The molecule has 21 heavy (non-hydrogen) atoms. The first-order valence-corrected chi connectivity index (χ1v) is 7.57. The van der Waals surface area contributed by atoms with Gasteiger partial charge in [-0.2, -0.15) is 0 Å². The number of aryl methyl sites for hydroxylation is 1. The molecule has 0 aliphatic rings. The minimum absolute atomic E-state index is 0.0314. The molecular weight excluding hydrogens is 332 g/mol. The predicted molar refractivity (Wildman–Crippen MR) is 88.6 cm³/mol. The molecule has 0 radical (unpaired) electrons. The van der Waals surface area contributed by atoms with Crippen molar-refractivity contribution in [1.82, 2.24) is 0 Å². The molecule has 0 aromatic heterocycles. The fraction of sp³-hybridized carbons (Fsp3) is 0.250. The number of nitrogens with one attached hydrogen (secondary N) is 1. The summed E-state index contributed by atoms with van der Waals surface area (Å²) in [4.78, 5) is 10.5. The van der Waals surface area contributed by atoms with E-state index in [0.717, 1.165) is 22.1 Å². The number of nitro benzene ring substituents is 1. The molecule has 0 heterocycles. The largest absolute Gasteiger partial charge is 0.377 e. The molecule has 0 spiro atoms. The minimum atomic E-state index is -0.363. The summed E-state index contributed by atoms with van der Waals surface area (Å²) in [6.45, 7) is 4.09. The summed E-state index contributed by atoms with van der Waals surface area (Å²) >= 11 is 3.54. The van der Waals surface area contributed by atoms with Crippen LogP contribution in [-0.2, 0) is 0 Å². The second kappa shape index (κ2) is 6.72. The van der Waals surface area contributed by atoms with Crippen molar-refractivity contribution in [3.63, 3.8) is 0 Å². The Bertz CT molecular complexity index is 658. The Morgan fingerprint density at radius 1 is 1.29 bits per heavy atom. The molecule has 1 unspecified atom stereocenters. The number of nitrogens with zero attached hydrogens (tertiary/aromatic N) is 1. The zero-order chi connectivity index (χ0) is 15.4. The summed E-state index contributed by atoms with van der Waals surface area (Å²) in [6.07, 6.45) is 0.835. The number of hydrogen-bond donors (Lipinski definition) is 1. The van der Waals surface area contributed by atoms with Crippen molar-refractivity contribution in [2.45, 2.75) is 26.3 Å². The second-order valence-corrected chi connectivity index (χ2v) is 5.79. The normalized spacial score (nSPS) is 12.0. The van der Waals surface area contributed by atoms with E-state index in [-0.39, 0.29) is 16.7 Å². The average molecular weight is 349 g/mol. The first-order chi connectivity index (χ1) is 10.0. The highest BCUT2D eigenvalue weighted by Gasteiger charge is 2.14. The molecule has 0 saturated heterocycles. The van der Waals surface area contributed by atoms with Crippen LogP contribution >= 0.6 is 15.9 Å². The van der Waals surface area contributed by atoms with Crippen LogP contribution in [0.15, 0.2) is 46.9 Å². The fourth-order valence-corrected chi connectivity index (χ4v) is 2.81. The van der Waals surface area contributed by atoms with Gasteiger partial charge in [-0.25, -0.2) is 0 Å². The molecule has 0 bridgehead atoms. The molecular formula is C16H17BrN2O2. The Morgan fingerprint density at radius 2 is 2.05 bits per heavy atom. The van der Waals surface area contributed by atoms with Crippen LogP contribution in [0.2, 0.25) is 0 Å². The van der Waals surface area contributed by atoms with Crippen molar-refractivity contribution < 1.29 is 4.92 Å². The summed E-state index contributed by atoms with van der Waals surface area (Å²) in [5.74, 6) is 0. The van der Waals surface area contributed by atoms with Gasteiger partial charge in [-0.15, -0.1) is 0 Å². The Kier molecular flexibility index (Phi) is 4.96. The molecule has 110 valence electrons. The van der Waals surface area contributed by atoms with Gasteiger partial charge in [-0.05, 0) is 52.5 Å². The molecule has 1 atom stereocenters. The lowest BCUT2D eigenvalue weighted by Crippen LogP contribution is -2.10. The van der Waals surface area contributed by atoms with Crippen molar-refractivity contribution in [3.8, 4) is 0 Å². The second-order valence-electron chi connectivity index (χ2n) is 4.94. The van der Waals surface area contributed by atoms with Crippen LogP contribution in [0.4, 0.5) is 11.4 Å². The number of nitro groups is 1. The third kappa shape index (κ3) is 3.82. The molecule has 5 heteroatoms. The molecule has 0 saturated carbocycles. The van der Waals surface area contributed by atoms with E-state index in [1.165, 1.54) is 11.6 Å². The smallest absolute Gasteiger partial charge is 0.269 e. The van der Waals surface area contributed by atoms with E-state index in [1.54, 1.807) is 12.1 Å². The van der Waals surface area contributed by atoms with Gasteiger partial charge in [-0.1, -0.05) is 25.1 Å². The lowest BCUT2D eigenvalue weighted by atomic mass is 10.0. The average Bonchev–Trinajstić information content (AvgIpc) is 2.46. The summed E-state index contributed by atoms with van der Waals surface area (Å²) in [7, 11) is 0. The van der Waals surface area contributed by atoms with Crippen LogP contribution in [-0.4, -0.2) is 4.92 Å². The van der Waals surface area contributed by atoms with Crippen LogP contribution in [0, 0.1) is 17.0 Å². The molecule has 0 aliphatic heterocycles. The molecule has 2 aromatic carbocycles. The third-order valence-electron chi connectivity index (χ3n) is 3.35. The van der Waals surface area contributed by atoms with Gasteiger partial charge < -0.3 is 5.32 Å². The summed E-state index contributed by atoms with van der Waals surface area (Å²) in [5, 5.41) is 14.3. The maximum Gasteiger partial charge on any atom is 0.269 e. The topological polar surface area (TPSA) is 55.2 Å². The summed E-state index contributed by atoms with van der Waals surface area (Å²) in [5.41, 5.74) is 3.20. The predicted octanol–water partition coefficient (Wildman–Crippen LogP) is 5.23. The van der Waals surface area contributed by atoms with Gasteiger partial charge in [0.05, 0.1) is 11.0 Å². The first-order valence-electron chi connectivity index (χ1n) is 6.78. The number of halogens is 1. The Balaban J connectivity index is 2.27. The maximum absolute atomic E-state index is 10.9. The monoisotopic (exact) mass is 348 g/mol. The van der Waals surface area contributed by atoms with Gasteiger partial charge in [-0.3, -0.25) is 10.1 Å². The zero-order valence-electron chi connectivity index (χ0n) is 12.0. The van der Waals surface area contributed by atoms with E-state index >= 15 is 0 Å². The lowest BCUT2D eigenvalue weighted by molar-refractivity contribution is -0.384. The number of benzene rings is 2. The van der Waals surface area contributed by atoms with Gasteiger partial charge in [0.15, 0.2) is 0 Å². The highest BCUT2D eigenvalue weighted by molar-refractivity contribution is 9.10. The van der Waals surface area contributed by atoms with Crippen molar-refractivity contribution in [2.75, 3.05) is 5.32 Å². The minimum Gasteiger partial charge on any atom is -0.377 e. The van der Waals surface area contributed by atoms with Gasteiger partial charge >= 0.3 is 0 Å². The quantitative estimate of drug-likeness (QED) is 0.594. The highest BCUT2D eigenvalue weighted by atomic mass is 79.9. The van der Waals surface area contributed by atoms with Crippen LogP contribution in [0.25, 0.3) is 0 Å². The molecule has 1 N–H and O–H groups in total. The molecule has 4 nitrogen and oxygen atoms in total. The Morgan fingerprint density at radius 3 is 2.67 bits per heavy atom. The number of anilines is 1. The van der Waals surface area contributed by atoms with E-state index in [2.05, 4.69) is 28.2 Å². The Labute approximate surface area is 132 Å². The molecule has 0 aliphatic carbocycles. The molecule has 0 fully saturated rings. The molecule has 2 aromatic rings. The van der Waals surface area contributed by atoms with E-state index in [9.17, 15) is 10.1 Å². The standard InChI is InChI=1S/C16H17BrN2O2/c1-3-15(12-5-4-6-13(10-12)19(20)21)18-16-8-7-11(2)9-14(16)17/h4-10,15,18H,3H2,1-2H3. The van der Waals surface area contributed by atoms with Gasteiger partial charge in [0.2, 0.25) is 0 Å². The van der Waals surface area contributed by atoms with Crippen LogP contribution in [0.5, 0.6) is 0 Å². The van der Waals surface area contributed by atoms with Crippen LogP contribution in [0.3, 0.4) is 0 Å². The lowest BCUT2D eigenvalue weighted by Gasteiger charge is -2.20. The van der Waals surface area contributed by atoms with Crippen molar-refractivity contribution in [3.05, 3.63) is 68.2 Å². The van der Waals surface area contributed by atoms with Crippen molar-refractivity contribution in [1.29, 1.82) is 0 Å². The number of rotatable bonds is 5. The highest BCUT2D eigenvalue weighted by Crippen LogP contribution is 2.30. The first kappa shape index (κ1) is 15.5. The molecule has 2 rings (SSSR count). The summed E-state index contributed by atoms with van der Waals surface area (Å²) < 4.78 is 0.992. The van der Waals surface area contributed by atoms with E-state index < -0.39 is 0 Å². The Hall–Kier alpha value is -1.88. The SMILES string of the molecule is CCC(Nc1ccc(C)cc1Br)c1cccc([N+](=O)[O-])c1. The van der Waals surface area contributed by atoms with Gasteiger partial charge in [0.1, 0.15) is 0 Å². The van der Waals surface area contributed by atoms with E-state index in [4.69, 9.17) is 0 Å².